The molecule has 0 bridgehead atoms. The first-order valence-corrected chi connectivity index (χ1v) is 7.92. The van der Waals surface area contributed by atoms with Gasteiger partial charge in [0.15, 0.2) is 11.5 Å². The van der Waals surface area contributed by atoms with E-state index in [0.717, 1.165) is 34.2 Å². The number of hydrogen-bond donors (Lipinski definition) is 1. The summed E-state index contributed by atoms with van der Waals surface area (Å²) in [6.45, 7) is 1.60. The summed E-state index contributed by atoms with van der Waals surface area (Å²) in [6, 6.07) is 4.59. The Labute approximate surface area is 126 Å². The van der Waals surface area contributed by atoms with E-state index in [1.807, 2.05) is 23.8 Å². The molecule has 21 heavy (non-hydrogen) atoms. The molecule has 0 atom stereocenters. The monoisotopic (exact) mass is 304 g/mol. The van der Waals surface area contributed by atoms with Gasteiger partial charge in [0, 0.05) is 30.4 Å². The number of ether oxygens (including phenoxy) is 3. The Hall–Kier alpha value is -1.79. The number of thiazole rings is 1. The number of hydrogen-bond acceptors (Lipinski definition) is 6. The van der Waals surface area contributed by atoms with Gasteiger partial charge in [-0.3, -0.25) is 4.98 Å². The van der Waals surface area contributed by atoms with Crippen molar-refractivity contribution in [1.29, 1.82) is 0 Å². The number of nitrogens with zero attached hydrogens (tertiary/aromatic N) is 1. The van der Waals surface area contributed by atoms with E-state index in [0.29, 0.717) is 12.6 Å². The van der Waals surface area contributed by atoms with Crippen LogP contribution in [0.25, 0.3) is 0 Å². The number of benzene rings is 1. The summed E-state index contributed by atoms with van der Waals surface area (Å²) in [5, 5.41) is 3.51. The van der Waals surface area contributed by atoms with E-state index in [2.05, 4.69) is 10.3 Å². The van der Waals surface area contributed by atoms with Gasteiger partial charge in [-0.25, -0.2) is 0 Å². The van der Waals surface area contributed by atoms with Crippen LogP contribution in [0.1, 0.15) is 23.3 Å². The van der Waals surface area contributed by atoms with Crippen LogP contribution in [0.5, 0.6) is 17.2 Å². The Balaban J connectivity index is 1.53. The maximum absolute atomic E-state index is 5.95. The second-order valence-corrected chi connectivity index (χ2v) is 6.20. The Morgan fingerprint density at radius 1 is 1.29 bits per heavy atom. The van der Waals surface area contributed by atoms with Gasteiger partial charge >= 0.3 is 0 Å². The average Bonchev–Trinajstić information content (AvgIpc) is 3.00. The third kappa shape index (κ3) is 2.96. The van der Waals surface area contributed by atoms with E-state index >= 15 is 0 Å². The maximum atomic E-state index is 5.95. The second kappa shape index (κ2) is 5.54. The lowest BCUT2D eigenvalue weighted by molar-refractivity contribution is 0.173. The lowest BCUT2D eigenvalue weighted by Crippen LogP contribution is -2.16. The molecule has 5 nitrogen and oxygen atoms in total. The lowest BCUT2D eigenvalue weighted by Gasteiger charge is -2.12. The van der Waals surface area contributed by atoms with E-state index in [9.17, 15) is 0 Å². The second-order valence-electron chi connectivity index (χ2n) is 5.22. The Morgan fingerprint density at radius 3 is 2.90 bits per heavy atom. The Bertz CT molecular complexity index is 626. The van der Waals surface area contributed by atoms with Gasteiger partial charge in [-0.05, 0) is 18.9 Å². The maximum Gasteiger partial charge on any atom is 0.231 e. The fourth-order valence-corrected chi connectivity index (χ4v) is 2.75. The molecule has 1 fully saturated rings. The molecule has 1 aliphatic carbocycles. The molecule has 0 saturated heterocycles. The molecule has 0 unspecified atom stereocenters. The standard InChI is InChI=1S/C15H16N2O3S/c1-2-11(1)17-5-10-3-14-15(20-9-19-14)4-13(10)18-7-12-6-16-8-21-12/h3-4,6,8,11,17H,1-2,5,7,9H2. The van der Waals surface area contributed by atoms with E-state index in [-0.39, 0.29) is 6.79 Å². The third-order valence-electron chi connectivity index (χ3n) is 3.57. The van der Waals surface area contributed by atoms with Gasteiger partial charge in [0.1, 0.15) is 12.4 Å². The molecular formula is C15H16N2O3S. The lowest BCUT2D eigenvalue weighted by atomic mass is 10.1. The highest BCUT2D eigenvalue weighted by molar-refractivity contribution is 7.09. The van der Waals surface area contributed by atoms with E-state index in [1.165, 1.54) is 12.8 Å². The molecule has 1 aliphatic heterocycles. The van der Waals surface area contributed by atoms with E-state index in [1.54, 1.807) is 11.3 Å². The van der Waals surface area contributed by atoms with Crippen molar-refractivity contribution in [2.24, 2.45) is 0 Å². The zero-order valence-electron chi connectivity index (χ0n) is 11.5. The van der Waals surface area contributed by atoms with Crippen LogP contribution in [0, 0.1) is 0 Å². The van der Waals surface area contributed by atoms with Crippen molar-refractivity contribution in [3.63, 3.8) is 0 Å². The number of nitrogens with one attached hydrogen (secondary N) is 1. The Morgan fingerprint density at radius 2 is 2.14 bits per heavy atom. The molecule has 2 aliphatic rings. The zero-order valence-corrected chi connectivity index (χ0v) is 12.3. The zero-order chi connectivity index (χ0) is 14.1. The summed E-state index contributed by atoms with van der Waals surface area (Å²) >= 11 is 1.59. The molecule has 0 radical (unpaired) electrons. The van der Waals surface area contributed by atoms with Crippen molar-refractivity contribution in [1.82, 2.24) is 10.3 Å². The van der Waals surface area contributed by atoms with Gasteiger partial charge in [0.25, 0.3) is 0 Å². The molecule has 6 heteroatoms. The Kier molecular flexibility index (Phi) is 3.40. The van der Waals surface area contributed by atoms with Crippen molar-refractivity contribution in [3.8, 4) is 17.2 Å². The fraction of sp³-hybridized carbons (Fsp3) is 0.400. The van der Waals surface area contributed by atoms with Gasteiger partial charge in [-0.1, -0.05) is 0 Å². The third-order valence-corrected chi connectivity index (χ3v) is 4.32. The fourth-order valence-electron chi connectivity index (χ4n) is 2.24. The molecule has 1 N–H and O–H groups in total. The first-order chi connectivity index (χ1) is 10.4. The highest BCUT2D eigenvalue weighted by atomic mass is 32.1. The molecule has 2 heterocycles. The quantitative estimate of drug-likeness (QED) is 0.889. The normalized spacial score (nSPS) is 16.2. The molecule has 0 amide bonds. The molecule has 1 saturated carbocycles. The minimum atomic E-state index is 0.281. The van der Waals surface area contributed by atoms with Crippen molar-refractivity contribution < 1.29 is 14.2 Å². The predicted octanol–water partition coefficient (Wildman–Crippen LogP) is 2.70. The van der Waals surface area contributed by atoms with Crippen LogP contribution in [0.15, 0.2) is 23.8 Å². The van der Waals surface area contributed by atoms with Crippen LogP contribution in [0.4, 0.5) is 0 Å². The van der Waals surface area contributed by atoms with Crippen LogP contribution in [0.2, 0.25) is 0 Å². The van der Waals surface area contributed by atoms with Crippen LogP contribution in [-0.4, -0.2) is 17.8 Å². The highest BCUT2D eigenvalue weighted by Crippen LogP contribution is 2.38. The summed E-state index contributed by atoms with van der Waals surface area (Å²) in [5.74, 6) is 2.40. The van der Waals surface area contributed by atoms with Gasteiger partial charge in [-0.15, -0.1) is 11.3 Å². The van der Waals surface area contributed by atoms with Crippen LogP contribution >= 0.6 is 11.3 Å². The van der Waals surface area contributed by atoms with Gasteiger partial charge in [0.2, 0.25) is 6.79 Å². The van der Waals surface area contributed by atoms with Crippen molar-refractivity contribution in [3.05, 3.63) is 34.3 Å². The first kappa shape index (κ1) is 12.9. The van der Waals surface area contributed by atoms with Crippen molar-refractivity contribution >= 4 is 11.3 Å². The summed E-state index contributed by atoms with van der Waals surface area (Å²) in [4.78, 5) is 5.17. The molecule has 4 rings (SSSR count). The molecule has 110 valence electrons. The summed E-state index contributed by atoms with van der Waals surface area (Å²) < 4.78 is 16.8. The highest BCUT2D eigenvalue weighted by Gasteiger charge is 2.23. The number of aromatic nitrogens is 1. The van der Waals surface area contributed by atoms with E-state index < -0.39 is 0 Å². The largest absolute Gasteiger partial charge is 0.488 e. The van der Waals surface area contributed by atoms with Crippen molar-refractivity contribution in [2.75, 3.05) is 6.79 Å². The summed E-state index contributed by atoms with van der Waals surface area (Å²) in [7, 11) is 0. The van der Waals surface area contributed by atoms with Crippen LogP contribution in [-0.2, 0) is 13.2 Å². The molecule has 0 spiro atoms. The van der Waals surface area contributed by atoms with E-state index in [4.69, 9.17) is 14.2 Å². The SMILES string of the molecule is c1ncc(COc2cc3c(cc2CNC2CC2)OCO3)s1. The topological polar surface area (TPSA) is 52.6 Å². The molecular weight excluding hydrogens is 288 g/mol. The van der Waals surface area contributed by atoms with Gasteiger partial charge < -0.3 is 19.5 Å². The van der Waals surface area contributed by atoms with Gasteiger partial charge in [0.05, 0.1) is 10.4 Å². The first-order valence-electron chi connectivity index (χ1n) is 7.04. The average molecular weight is 304 g/mol. The number of fused-ring (bicyclic) bond motifs is 1. The molecule has 2 aromatic rings. The summed E-state index contributed by atoms with van der Waals surface area (Å²) in [5.41, 5.74) is 2.92. The minimum Gasteiger partial charge on any atom is -0.488 e. The smallest absolute Gasteiger partial charge is 0.231 e. The predicted molar refractivity (Wildman–Crippen MR) is 78.9 cm³/mol. The minimum absolute atomic E-state index is 0.281. The molecule has 1 aromatic carbocycles. The van der Waals surface area contributed by atoms with Gasteiger partial charge in [-0.2, -0.15) is 0 Å². The number of rotatable bonds is 6. The van der Waals surface area contributed by atoms with Crippen LogP contribution in [0.3, 0.4) is 0 Å². The van der Waals surface area contributed by atoms with Crippen LogP contribution < -0.4 is 19.5 Å². The summed E-state index contributed by atoms with van der Waals surface area (Å²) in [6.07, 6.45) is 4.36. The molecule has 1 aromatic heterocycles. The van der Waals surface area contributed by atoms with Crippen molar-refractivity contribution in [2.45, 2.75) is 32.0 Å².